The topological polar surface area (TPSA) is 60.4 Å². The summed E-state index contributed by atoms with van der Waals surface area (Å²) >= 11 is 0. The number of carbonyl (C=O) groups is 1. The number of methoxy groups -OCH3 is 1. The molecule has 0 saturated heterocycles. The van der Waals surface area contributed by atoms with Gasteiger partial charge in [0.2, 0.25) is 6.23 Å². The monoisotopic (exact) mass is 414 g/mol. The van der Waals surface area contributed by atoms with Gasteiger partial charge in [0.1, 0.15) is 5.75 Å². The molecule has 0 radical (unpaired) electrons. The summed E-state index contributed by atoms with van der Waals surface area (Å²) in [5.74, 6) is 1.30. The van der Waals surface area contributed by atoms with Crippen molar-refractivity contribution in [1.82, 2.24) is 5.01 Å². The highest BCUT2D eigenvalue weighted by Gasteiger charge is 2.41. The Hall–Kier alpha value is -3.80. The Kier molecular flexibility index (Phi) is 4.82. The van der Waals surface area contributed by atoms with Crippen molar-refractivity contribution in [2.45, 2.75) is 25.6 Å². The number of hydrazone groups is 1. The molecule has 6 heteroatoms. The fraction of sp³-hybridized carbons (Fsp3) is 0.200. The molecule has 0 amide bonds. The van der Waals surface area contributed by atoms with E-state index >= 15 is 0 Å². The highest BCUT2D eigenvalue weighted by atomic mass is 16.6. The zero-order valence-corrected chi connectivity index (χ0v) is 17.3. The highest BCUT2D eigenvalue weighted by Crippen LogP contribution is 2.48. The first-order valence-corrected chi connectivity index (χ1v) is 10.2. The van der Waals surface area contributed by atoms with Gasteiger partial charge in [0, 0.05) is 24.5 Å². The first-order chi connectivity index (χ1) is 15.1. The molecule has 2 heterocycles. The molecule has 0 N–H and O–H groups in total. The van der Waals surface area contributed by atoms with Crippen molar-refractivity contribution in [1.29, 1.82) is 0 Å². The quantitative estimate of drug-likeness (QED) is 0.451. The van der Waals surface area contributed by atoms with Crippen LogP contribution in [0.15, 0.2) is 77.9 Å². The Morgan fingerprint density at radius 3 is 2.58 bits per heavy atom. The lowest BCUT2D eigenvalue weighted by atomic mass is 9.96. The smallest absolute Gasteiger partial charge is 0.308 e. The lowest BCUT2D eigenvalue weighted by Crippen LogP contribution is -2.33. The van der Waals surface area contributed by atoms with E-state index in [-0.39, 0.29) is 6.04 Å². The summed E-state index contributed by atoms with van der Waals surface area (Å²) in [6, 6.07) is 23.8. The number of nitrogens with zero attached hydrogens (tertiary/aromatic N) is 2. The lowest BCUT2D eigenvalue weighted by molar-refractivity contribution is -0.132. The van der Waals surface area contributed by atoms with Crippen LogP contribution in [0.2, 0.25) is 0 Å². The summed E-state index contributed by atoms with van der Waals surface area (Å²) in [6.07, 6.45) is 0.366. The third-order valence-electron chi connectivity index (χ3n) is 5.53. The number of ether oxygens (including phenoxy) is 3. The molecule has 2 aliphatic heterocycles. The summed E-state index contributed by atoms with van der Waals surface area (Å²) < 4.78 is 17.1. The third-order valence-corrected chi connectivity index (χ3v) is 5.53. The first kappa shape index (κ1) is 19.2. The summed E-state index contributed by atoms with van der Waals surface area (Å²) in [5.41, 5.74) is 4.12. The van der Waals surface area contributed by atoms with Crippen LogP contribution in [0, 0.1) is 0 Å². The van der Waals surface area contributed by atoms with Gasteiger partial charge in [-0.2, -0.15) is 5.10 Å². The van der Waals surface area contributed by atoms with E-state index in [0.717, 1.165) is 34.6 Å². The Morgan fingerprint density at radius 1 is 1.03 bits per heavy atom. The molecule has 2 aliphatic rings. The molecule has 0 bridgehead atoms. The molecule has 0 unspecified atom stereocenters. The number of benzene rings is 3. The molecule has 5 rings (SSSR count). The van der Waals surface area contributed by atoms with Gasteiger partial charge in [-0.3, -0.25) is 4.79 Å². The van der Waals surface area contributed by atoms with Crippen molar-refractivity contribution >= 4 is 11.7 Å². The SMILES string of the molecule is COc1cc([C@@H]2Oc3ccccc3[C@@H]3CC(c4ccccc4)=NN32)ccc1OC(C)=O. The largest absolute Gasteiger partial charge is 0.493 e. The van der Waals surface area contributed by atoms with E-state index in [1.54, 1.807) is 13.2 Å². The number of hydrogen-bond donors (Lipinski definition) is 0. The van der Waals surface area contributed by atoms with Crippen molar-refractivity contribution in [3.8, 4) is 17.2 Å². The van der Waals surface area contributed by atoms with E-state index in [1.807, 2.05) is 53.5 Å². The van der Waals surface area contributed by atoms with Crippen LogP contribution < -0.4 is 14.2 Å². The van der Waals surface area contributed by atoms with E-state index in [4.69, 9.17) is 19.3 Å². The van der Waals surface area contributed by atoms with Crippen LogP contribution in [-0.2, 0) is 4.79 Å². The van der Waals surface area contributed by atoms with Crippen molar-refractivity contribution < 1.29 is 19.0 Å². The van der Waals surface area contributed by atoms with Gasteiger partial charge >= 0.3 is 5.97 Å². The van der Waals surface area contributed by atoms with Crippen LogP contribution in [0.5, 0.6) is 17.2 Å². The average Bonchev–Trinajstić information content (AvgIpc) is 3.25. The summed E-state index contributed by atoms with van der Waals surface area (Å²) in [4.78, 5) is 11.4. The number of carbonyl (C=O) groups excluding carboxylic acids is 1. The van der Waals surface area contributed by atoms with Gasteiger partial charge in [-0.05, 0) is 29.8 Å². The molecule has 156 valence electrons. The second-order valence-electron chi connectivity index (χ2n) is 7.52. The maximum absolute atomic E-state index is 11.4. The van der Waals surface area contributed by atoms with Crippen LogP contribution in [0.1, 0.15) is 42.3 Å². The predicted molar refractivity (Wildman–Crippen MR) is 116 cm³/mol. The number of hydrogen-bond acceptors (Lipinski definition) is 6. The molecular formula is C25H22N2O4. The second kappa shape index (κ2) is 7.80. The van der Waals surface area contributed by atoms with Crippen LogP contribution in [0.25, 0.3) is 0 Å². The first-order valence-electron chi connectivity index (χ1n) is 10.2. The van der Waals surface area contributed by atoms with Gasteiger partial charge in [-0.15, -0.1) is 0 Å². The van der Waals surface area contributed by atoms with E-state index in [0.29, 0.717) is 11.5 Å². The third kappa shape index (κ3) is 3.50. The summed E-state index contributed by atoms with van der Waals surface area (Å²) in [6.45, 7) is 1.36. The number of rotatable bonds is 4. The van der Waals surface area contributed by atoms with E-state index < -0.39 is 12.2 Å². The van der Waals surface area contributed by atoms with Crippen LogP contribution in [0.4, 0.5) is 0 Å². The summed E-state index contributed by atoms with van der Waals surface area (Å²) in [5, 5.41) is 6.98. The van der Waals surface area contributed by atoms with E-state index in [2.05, 4.69) is 18.2 Å². The minimum Gasteiger partial charge on any atom is -0.493 e. The Labute approximate surface area is 180 Å². The van der Waals surface area contributed by atoms with Crippen LogP contribution in [0.3, 0.4) is 0 Å². The molecule has 0 aliphatic carbocycles. The molecule has 0 fully saturated rings. The molecule has 31 heavy (non-hydrogen) atoms. The minimum atomic E-state index is -0.429. The molecule has 3 aromatic rings. The number of para-hydroxylation sites is 1. The van der Waals surface area contributed by atoms with Gasteiger partial charge in [0.15, 0.2) is 11.5 Å². The van der Waals surface area contributed by atoms with Gasteiger partial charge in [0.25, 0.3) is 0 Å². The minimum absolute atomic E-state index is 0.0734. The molecule has 0 aromatic heterocycles. The molecular weight excluding hydrogens is 392 g/mol. The number of fused-ring (bicyclic) bond motifs is 3. The zero-order chi connectivity index (χ0) is 21.4. The van der Waals surface area contributed by atoms with Gasteiger partial charge < -0.3 is 14.2 Å². The average molecular weight is 414 g/mol. The maximum Gasteiger partial charge on any atom is 0.308 e. The maximum atomic E-state index is 11.4. The molecule has 6 nitrogen and oxygen atoms in total. The van der Waals surface area contributed by atoms with Crippen molar-refractivity contribution in [3.05, 3.63) is 89.5 Å². The Morgan fingerprint density at radius 2 is 1.81 bits per heavy atom. The molecule has 2 atom stereocenters. The lowest BCUT2D eigenvalue weighted by Gasteiger charge is -2.38. The Balaban J connectivity index is 1.57. The second-order valence-corrected chi connectivity index (χ2v) is 7.52. The molecule has 0 saturated carbocycles. The standard InChI is InChI=1S/C25H22N2O4/c1-16(28)30-23-13-12-18(14-24(23)29-2)25-27-21(19-10-6-7-11-22(19)31-25)15-20(26-27)17-8-4-3-5-9-17/h3-14,21,25H,15H2,1-2H3/t21-,25-/m0/s1. The predicted octanol–water partition coefficient (Wildman–Crippen LogP) is 4.86. The van der Waals surface area contributed by atoms with E-state index in [9.17, 15) is 4.79 Å². The van der Waals surface area contributed by atoms with Crippen molar-refractivity contribution in [2.24, 2.45) is 5.10 Å². The normalized spacial score (nSPS) is 19.0. The van der Waals surface area contributed by atoms with Crippen molar-refractivity contribution in [3.63, 3.8) is 0 Å². The highest BCUT2D eigenvalue weighted by molar-refractivity contribution is 6.01. The summed E-state index contributed by atoms with van der Waals surface area (Å²) in [7, 11) is 1.55. The fourth-order valence-electron chi connectivity index (χ4n) is 4.14. The van der Waals surface area contributed by atoms with Crippen molar-refractivity contribution in [2.75, 3.05) is 7.11 Å². The molecule has 0 spiro atoms. The van der Waals surface area contributed by atoms with Gasteiger partial charge in [0.05, 0.1) is 18.9 Å². The van der Waals surface area contributed by atoms with Crippen LogP contribution in [-0.4, -0.2) is 23.8 Å². The fourth-order valence-corrected chi connectivity index (χ4v) is 4.14. The Bertz CT molecular complexity index is 1160. The number of esters is 1. The van der Waals surface area contributed by atoms with Crippen LogP contribution >= 0.6 is 0 Å². The van der Waals surface area contributed by atoms with Gasteiger partial charge in [-0.25, -0.2) is 5.01 Å². The van der Waals surface area contributed by atoms with E-state index in [1.165, 1.54) is 6.92 Å². The van der Waals surface area contributed by atoms with Gasteiger partial charge in [-0.1, -0.05) is 48.5 Å². The molecule has 3 aromatic carbocycles. The zero-order valence-electron chi connectivity index (χ0n) is 17.3.